The molecule has 1 spiro atoms. The number of hydrogen-bond acceptors (Lipinski definition) is 5. The molecule has 3 aliphatic rings. The Bertz CT molecular complexity index is 1210. The first kappa shape index (κ1) is 19.3. The maximum absolute atomic E-state index is 14.4. The van der Waals surface area contributed by atoms with E-state index in [0.29, 0.717) is 28.7 Å². The first-order valence-electron chi connectivity index (χ1n) is 10.5. The molecule has 1 amide bonds. The molecule has 0 unspecified atom stereocenters. The van der Waals surface area contributed by atoms with Gasteiger partial charge in [0.25, 0.3) is 5.91 Å². The predicted octanol–water partition coefficient (Wildman–Crippen LogP) is 3.09. The molecule has 6 rings (SSSR count). The smallest absolute Gasteiger partial charge is 0.253 e. The number of fused-ring (bicyclic) bond motifs is 1. The SMILES string of the molecule is O=C1NCc2nc(-c3c(F)cccc3F)cc(Cc3ccc(N4CC5(COC5)C4)cn3)c21. The Morgan fingerprint density at radius 1 is 1.09 bits per heavy atom. The standard InChI is InChI=1S/C24H20F2N4O2/c25-17-2-1-3-18(26)22(17)19-7-14(21-20(29-19)9-28-23(21)31)6-15-4-5-16(8-27-15)30-10-24(11-30)12-32-13-24/h1-5,7-8H,6,9-13H2,(H,28,31). The molecule has 1 N–H and O–H groups in total. The third-order valence-electron chi connectivity index (χ3n) is 6.45. The van der Waals surface area contributed by atoms with Gasteiger partial charge in [-0.1, -0.05) is 6.07 Å². The van der Waals surface area contributed by atoms with Crippen LogP contribution in [0.25, 0.3) is 11.3 Å². The fourth-order valence-electron chi connectivity index (χ4n) is 4.75. The Labute approximate surface area is 183 Å². The zero-order chi connectivity index (χ0) is 21.9. The minimum atomic E-state index is -0.688. The van der Waals surface area contributed by atoms with Crippen molar-refractivity contribution >= 4 is 11.6 Å². The maximum atomic E-state index is 14.4. The topological polar surface area (TPSA) is 67.4 Å². The van der Waals surface area contributed by atoms with E-state index in [0.717, 1.165) is 37.7 Å². The van der Waals surface area contributed by atoms with Gasteiger partial charge in [0.05, 0.1) is 59.6 Å². The summed E-state index contributed by atoms with van der Waals surface area (Å²) < 4.78 is 34.1. The fraction of sp³-hybridized carbons (Fsp3) is 0.292. The highest BCUT2D eigenvalue weighted by Gasteiger charge is 2.49. The lowest BCUT2D eigenvalue weighted by Gasteiger charge is -2.55. The molecule has 8 heteroatoms. The molecule has 3 aliphatic heterocycles. The van der Waals surface area contributed by atoms with Crippen LogP contribution in [0.3, 0.4) is 0 Å². The van der Waals surface area contributed by atoms with E-state index in [2.05, 4.69) is 20.2 Å². The molecule has 0 bridgehead atoms. The second-order valence-corrected chi connectivity index (χ2v) is 8.80. The number of nitrogens with zero attached hydrogens (tertiary/aromatic N) is 3. The van der Waals surface area contributed by atoms with Gasteiger partial charge in [-0.3, -0.25) is 9.78 Å². The van der Waals surface area contributed by atoms with Crippen LogP contribution in [0, 0.1) is 17.0 Å². The Morgan fingerprint density at radius 2 is 1.88 bits per heavy atom. The Morgan fingerprint density at radius 3 is 2.53 bits per heavy atom. The van der Waals surface area contributed by atoms with Gasteiger partial charge in [-0.15, -0.1) is 0 Å². The Hall–Kier alpha value is -3.39. The highest BCUT2D eigenvalue weighted by atomic mass is 19.1. The monoisotopic (exact) mass is 434 g/mol. The fourth-order valence-corrected chi connectivity index (χ4v) is 4.75. The first-order valence-corrected chi connectivity index (χ1v) is 10.5. The summed E-state index contributed by atoms with van der Waals surface area (Å²) in [5, 5.41) is 2.75. The van der Waals surface area contributed by atoms with E-state index in [1.54, 1.807) is 6.07 Å². The number of benzene rings is 1. The van der Waals surface area contributed by atoms with Gasteiger partial charge in [0.1, 0.15) is 11.6 Å². The first-order chi connectivity index (χ1) is 15.5. The van der Waals surface area contributed by atoms with Crippen LogP contribution in [0.4, 0.5) is 14.5 Å². The second-order valence-electron chi connectivity index (χ2n) is 8.80. The number of amides is 1. The van der Waals surface area contributed by atoms with Gasteiger partial charge >= 0.3 is 0 Å². The minimum Gasteiger partial charge on any atom is -0.380 e. The van der Waals surface area contributed by atoms with Crippen molar-refractivity contribution in [3.8, 4) is 11.3 Å². The Balaban J connectivity index is 1.31. The molecule has 0 aliphatic carbocycles. The number of ether oxygens (including phenoxy) is 1. The highest BCUT2D eigenvalue weighted by molar-refractivity contribution is 5.99. The number of carbonyl (C=O) groups excluding carboxylic acids is 1. The number of nitrogens with one attached hydrogen (secondary N) is 1. The van der Waals surface area contributed by atoms with Gasteiger partial charge in [-0.2, -0.15) is 0 Å². The lowest BCUT2D eigenvalue weighted by molar-refractivity contribution is -0.127. The van der Waals surface area contributed by atoms with Gasteiger partial charge in [0, 0.05) is 25.2 Å². The largest absolute Gasteiger partial charge is 0.380 e. The summed E-state index contributed by atoms with van der Waals surface area (Å²) in [4.78, 5) is 23.6. The lowest BCUT2D eigenvalue weighted by atomic mass is 9.78. The van der Waals surface area contributed by atoms with Crippen molar-refractivity contribution in [3.05, 3.63) is 76.7 Å². The molecule has 3 aromatic rings. The molecule has 6 nitrogen and oxygen atoms in total. The molecular weight excluding hydrogens is 414 g/mol. The molecule has 0 radical (unpaired) electrons. The molecule has 2 aromatic heterocycles. The van der Waals surface area contributed by atoms with Gasteiger partial charge < -0.3 is 15.0 Å². The van der Waals surface area contributed by atoms with E-state index in [1.807, 2.05) is 18.3 Å². The molecule has 2 saturated heterocycles. The average molecular weight is 434 g/mol. The zero-order valence-electron chi connectivity index (χ0n) is 17.2. The van der Waals surface area contributed by atoms with E-state index in [9.17, 15) is 13.6 Å². The van der Waals surface area contributed by atoms with Gasteiger partial charge in [0.15, 0.2) is 0 Å². The number of rotatable bonds is 4. The summed E-state index contributed by atoms with van der Waals surface area (Å²) in [6.07, 6.45) is 2.19. The van der Waals surface area contributed by atoms with Gasteiger partial charge in [-0.25, -0.2) is 13.8 Å². The highest BCUT2D eigenvalue weighted by Crippen LogP contribution is 2.40. The van der Waals surface area contributed by atoms with E-state index in [-0.39, 0.29) is 23.7 Å². The average Bonchev–Trinajstić information content (AvgIpc) is 3.08. The van der Waals surface area contributed by atoms with Crippen molar-refractivity contribution in [1.82, 2.24) is 15.3 Å². The molecule has 1 aromatic carbocycles. The van der Waals surface area contributed by atoms with Crippen LogP contribution in [0.15, 0.2) is 42.6 Å². The van der Waals surface area contributed by atoms with Crippen molar-refractivity contribution in [3.63, 3.8) is 0 Å². The predicted molar refractivity (Wildman–Crippen MR) is 113 cm³/mol. The minimum absolute atomic E-state index is 0.177. The summed E-state index contributed by atoms with van der Waals surface area (Å²) in [5.41, 5.74) is 3.74. The van der Waals surface area contributed by atoms with E-state index >= 15 is 0 Å². The number of carbonyl (C=O) groups is 1. The number of hydrogen-bond donors (Lipinski definition) is 1. The van der Waals surface area contributed by atoms with Crippen LogP contribution < -0.4 is 10.2 Å². The van der Waals surface area contributed by atoms with E-state index < -0.39 is 11.6 Å². The van der Waals surface area contributed by atoms with Crippen LogP contribution in [0.1, 0.15) is 27.3 Å². The van der Waals surface area contributed by atoms with Crippen molar-refractivity contribution in [2.24, 2.45) is 5.41 Å². The molecule has 162 valence electrons. The number of aromatic nitrogens is 2. The third kappa shape index (κ3) is 3.05. The molecule has 2 fully saturated rings. The molecule has 5 heterocycles. The van der Waals surface area contributed by atoms with Crippen molar-refractivity contribution in [1.29, 1.82) is 0 Å². The number of pyridine rings is 2. The van der Waals surface area contributed by atoms with E-state index in [1.165, 1.54) is 18.2 Å². The van der Waals surface area contributed by atoms with Crippen molar-refractivity contribution < 1.29 is 18.3 Å². The maximum Gasteiger partial charge on any atom is 0.253 e. The lowest BCUT2D eigenvalue weighted by Crippen LogP contribution is -2.66. The van der Waals surface area contributed by atoms with Crippen LogP contribution >= 0.6 is 0 Å². The van der Waals surface area contributed by atoms with Crippen LogP contribution in [0.5, 0.6) is 0 Å². The Kier molecular flexibility index (Phi) is 4.26. The summed E-state index contributed by atoms with van der Waals surface area (Å²) in [7, 11) is 0. The molecular formula is C24H20F2N4O2. The summed E-state index contributed by atoms with van der Waals surface area (Å²) >= 11 is 0. The molecule has 0 atom stereocenters. The van der Waals surface area contributed by atoms with Crippen LogP contribution in [0.2, 0.25) is 0 Å². The summed E-state index contributed by atoms with van der Waals surface area (Å²) in [5.74, 6) is -1.60. The molecule has 32 heavy (non-hydrogen) atoms. The van der Waals surface area contributed by atoms with Crippen molar-refractivity contribution in [2.75, 3.05) is 31.2 Å². The third-order valence-corrected chi connectivity index (χ3v) is 6.45. The normalized spacial score (nSPS) is 18.2. The number of halogens is 2. The molecule has 0 saturated carbocycles. The van der Waals surface area contributed by atoms with E-state index in [4.69, 9.17) is 4.74 Å². The zero-order valence-corrected chi connectivity index (χ0v) is 17.2. The summed E-state index contributed by atoms with van der Waals surface area (Å²) in [6.45, 7) is 3.84. The van der Waals surface area contributed by atoms with Crippen LogP contribution in [-0.2, 0) is 17.7 Å². The van der Waals surface area contributed by atoms with Gasteiger partial charge in [-0.05, 0) is 35.9 Å². The van der Waals surface area contributed by atoms with Gasteiger partial charge in [0.2, 0.25) is 0 Å². The summed E-state index contributed by atoms with van der Waals surface area (Å²) in [6, 6.07) is 9.26. The quantitative estimate of drug-likeness (QED) is 0.684. The number of anilines is 1. The van der Waals surface area contributed by atoms with Crippen LogP contribution in [-0.4, -0.2) is 42.2 Å². The second kappa shape index (κ2) is 7.06. The van der Waals surface area contributed by atoms with Crippen molar-refractivity contribution in [2.45, 2.75) is 13.0 Å².